The van der Waals surface area contributed by atoms with Crippen LogP contribution in [0.2, 0.25) is 0 Å². The van der Waals surface area contributed by atoms with Crippen molar-refractivity contribution in [2.45, 2.75) is 31.1 Å². The van der Waals surface area contributed by atoms with Gasteiger partial charge >= 0.3 is 0 Å². The molecule has 1 aromatic heterocycles. The summed E-state index contributed by atoms with van der Waals surface area (Å²) < 4.78 is 10.6. The lowest BCUT2D eigenvalue weighted by atomic mass is 9.97. The molecule has 94 valence electrons. The first-order valence-corrected chi connectivity index (χ1v) is 5.77. The molecule has 1 aromatic rings. The van der Waals surface area contributed by atoms with Crippen molar-refractivity contribution < 1.29 is 9.47 Å². The van der Waals surface area contributed by atoms with Gasteiger partial charge in [-0.25, -0.2) is 0 Å². The largest absolute Gasteiger partial charge is 0.354 e. The normalized spacial score (nSPS) is 20.6. The van der Waals surface area contributed by atoms with Crippen molar-refractivity contribution in [3.8, 4) is 0 Å². The average Bonchev–Trinajstić information content (AvgIpc) is 2.79. The maximum absolute atomic E-state index is 5.62. The van der Waals surface area contributed by atoms with Crippen LogP contribution in [0.5, 0.6) is 0 Å². The zero-order chi connectivity index (χ0) is 12.3. The Morgan fingerprint density at radius 3 is 2.88 bits per heavy atom. The molecular weight excluding hydrogens is 218 g/mol. The minimum absolute atomic E-state index is 0.0823. The SMILES string of the molecule is COC(OC)C(NN)C1CCc2cccnc21. The maximum Gasteiger partial charge on any atom is 0.173 e. The molecule has 5 nitrogen and oxygen atoms in total. The van der Waals surface area contributed by atoms with Gasteiger partial charge < -0.3 is 9.47 Å². The van der Waals surface area contributed by atoms with Gasteiger partial charge in [-0.3, -0.25) is 16.3 Å². The third kappa shape index (κ3) is 2.32. The second-order valence-corrected chi connectivity index (χ2v) is 4.23. The fourth-order valence-corrected chi connectivity index (χ4v) is 2.57. The fraction of sp³-hybridized carbons (Fsp3) is 0.583. The predicted octanol–water partition coefficient (Wildman–Crippen LogP) is 0.562. The molecular formula is C12H19N3O2. The highest BCUT2D eigenvalue weighted by Crippen LogP contribution is 2.35. The van der Waals surface area contributed by atoms with Gasteiger partial charge in [-0.2, -0.15) is 0 Å². The van der Waals surface area contributed by atoms with Crippen LogP contribution in [0.1, 0.15) is 23.6 Å². The summed E-state index contributed by atoms with van der Waals surface area (Å²) >= 11 is 0. The van der Waals surface area contributed by atoms with Gasteiger partial charge in [-0.15, -0.1) is 0 Å². The number of ether oxygens (including phenoxy) is 2. The summed E-state index contributed by atoms with van der Waals surface area (Å²) in [6.07, 6.45) is 3.51. The number of hydrazine groups is 1. The van der Waals surface area contributed by atoms with Crippen LogP contribution < -0.4 is 11.3 Å². The van der Waals surface area contributed by atoms with E-state index in [1.807, 2.05) is 12.3 Å². The van der Waals surface area contributed by atoms with Gasteiger partial charge in [-0.1, -0.05) is 6.07 Å². The molecule has 1 aliphatic carbocycles. The first kappa shape index (κ1) is 12.4. The van der Waals surface area contributed by atoms with Gasteiger partial charge in [0, 0.05) is 32.0 Å². The fourth-order valence-electron chi connectivity index (χ4n) is 2.57. The van der Waals surface area contributed by atoms with Crippen molar-refractivity contribution in [1.82, 2.24) is 10.4 Å². The number of nitrogens with two attached hydrogens (primary N) is 1. The summed E-state index contributed by atoms with van der Waals surface area (Å²) in [6, 6.07) is 4.00. The lowest BCUT2D eigenvalue weighted by Gasteiger charge is -2.29. The van der Waals surface area contributed by atoms with Gasteiger partial charge in [0.25, 0.3) is 0 Å². The quantitative estimate of drug-likeness (QED) is 0.445. The molecule has 3 N–H and O–H groups in total. The molecule has 0 aliphatic heterocycles. The van der Waals surface area contributed by atoms with Crippen LogP contribution in [0.3, 0.4) is 0 Å². The van der Waals surface area contributed by atoms with Crippen LogP contribution in [0.4, 0.5) is 0 Å². The molecule has 1 heterocycles. The molecule has 0 saturated carbocycles. The van der Waals surface area contributed by atoms with E-state index in [4.69, 9.17) is 15.3 Å². The minimum atomic E-state index is -0.363. The highest BCUT2D eigenvalue weighted by molar-refractivity contribution is 5.30. The van der Waals surface area contributed by atoms with E-state index in [1.165, 1.54) is 5.56 Å². The number of hydrogen-bond donors (Lipinski definition) is 2. The van der Waals surface area contributed by atoms with E-state index in [-0.39, 0.29) is 18.2 Å². The molecule has 2 rings (SSSR count). The Bertz CT molecular complexity index is 369. The highest BCUT2D eigenvalue weighted by Gasteiger charge is 2.35. The molecule has 2 unspecified atom stereocenters. The minimum Gasteiger partial charge on any atom is -0.354 e. The van der Waals surface area contributed by atoms with Crippen molar-refractivity contribution in [2.24, 2.45) is 5.84 Å². The van der Waals surface area contributed by atoms with Gasteiger partial charge in [0.15, 0.2) is 6.29 Å². The van der Waals surface area contributed by atoms with Crippen LogP contribution in [0.25, 0.3) is 0 Å². The Kier molecular flexibility index (Phi) is 4.06. The number of hydrogen-bond acceptors (Lipinski definition) is 5. The molecule has 0 bridgehead atoms. The summed E-state index contributed by atoms with van der Waals surface area (Å²) in [5.74, 6) is 5.86. The summed E-state index contributed by atoms with van der Waals surface area (Å²) in [5.41, 5.74) is 5.20. The lowest BCUT2D eigenvalue weighted by molar-refractivity contribution is -0.127. The van der Waals surface area contributed by atoms with Crippen molar-refractivity contribution in [1.29, 1.82) is 0 Å². The summed E-state index contributed by atoms with van der Waals surface area (Å²) in [4.78, 5) is 4.45. The van der Waals surface area contributed by atoms with Crippen molar-refractivity contribution in [3.63, 3.8) is 0 Å². The van der Waals surface area contributed by atoms with Gasteiger partial charge in [0.2, 0.25) is 0 Å². The number of rotatable bonds is 5. The van der Waals surface area contributed by atoms with E-state index < -0.39 is 0 Å². The Hall–Kier alpha value is -1.01. The van der Waals surface area contributed by atoms with Crippen LogP contribution in [-0.2, 0) is 15.9 Å². The number of nitrogens with one attached hydrogen (secondary N) is 1. The topological polar surface area (TPSA) is 69.4 Å². The van der Waals surface area contributed by atoms with E-state index in [2.05, 4.69) is 16.5 Å². The molecule has 0 radical (unpaired) electrons. The Morgan fingerprint density at radius 1 is 1.47 bits per heavy atom. The molecule has 2 atom stereocenters. The van der Waals surface area contributed by atoms with Crippen molar-refractivity contribution in [3.05, 3.63) is 29.6 Å². The van der Waals surface area contributed by atoms with E-state index in [0.29, 0.717) is 0 Å². The van der Waals surface area contributed by atoms with Gasteiger partial charge in [0.1, 0.15) is 0 Å². The number of pyridine rings is 1. The van der Waals surface area contributed by atoms with Crippen molar-refractivity contribution in [2.75, 3.05) is 14.2 Å². The molecule has 17 heavy (non-hydrogen) atoms. The zero-order valence-corrected chi connectivity index (χ0v) is 10.2. The second-order valence-electron chi connectivity index (χ2n) is 4.23. The van der Waals surface area contributed by atoms with Gasteiger partial charge in [0.05, 0.1) is 6.04 Å². The smallest absolute Gasteiger partial charge is 0.173 e. The van der Waals surface area contributed by atoms with E-state index in [1.54, 1.807) is 14.2 Å². The van der Waals surface area contributed by atoms with Crippen LogP contribution in [0.15, 0.2) is 18.3 Å². The molecule has 5 heteroatoms. The van der Waals surface area contributed by atoms with E-state index in [0.717, 1.165) is 18.5 Å². The van der Waals surface area contributed by atoms with Crippen molar-refractivity contribution >= 4 is 0 Å². The summed E-state index contributed by atoms with van der Waals surface area (Å²) in [5, 5.41) is 0. The monoisotopic (exact) mass is 237 g/mol. The maximum atomic E-state index is 5.62. The zero-order valence-electron chi connectivity index (χ0n) is 10.2. The number of fused-ring (bicyclic) bond motifs is 1. The van der Waals surface area contributed by atoms with Crippen LogP contribution in [0, 0.1) is 0 Å². The lowest BCUT2D eigenvalue weighted by Crippen LogP contribution is -2.49. The molecule has 0 fully saturated rings. The Labute approximate surface area is 101 Å². The van der Waals surface area contributed by atoms with E-state index >= 15 is 0 Å². The molecule has 0 spiro atoms. The summed E-state index contributed by atoms with van der Waals surface area (Å²) in [6.45, 7) is 0. The average molecular weight is 237 g/mol. The van der Waals surface area contributed by atoms with E-state index in [9.17, 15) is 0 Å². The highest BCUT2D eigenvalue weighted by atomic mass is 16.7. The number of aryl methyl sites for hydroxylation is 1. The van der Waals surface area contributed by atoms with Crippen LogP contribution >= 0.6 is 0 Å². The second kappa shape index (κ2) is 5.55. The number of aromatic nitrogens is 1. The Balaban J connectivity index is 2.22. The third-order valence-electron chi connectivity index (χ3n) is 3.39. The summed E-state index contributed by atoms with van der Waals surface area (Å²) in [7, 11) is 3.24. The predicted molar refractivity (Wildman–Crippen MR) is 64.2 cm³/mol. The number of methoxy groups -OCH3 is 2. The molecule has 1 aliphatic rings. The molecule has 0 saturated heterocycles. The standard InChI is InChI=1S/C12H19N3O2/c1-16-12(17-2)11(15-13)9-6-5-8-4-3-7-14-10(8)9/h3-4,7,9,11-12,15H,5-6,13H2,1-2H3. The molecule has 0 aromatic carbocycles. The Morgan fingerprint density at radius 2 is 2.24 bits per heavy atom. The van der Waals surface area contributed by atoms with Crippen LogP contribution in [-0.4, -0.2) is 31.5 Å². The first-order valence-electron chi connectivity index (χ1n) is 5.77. The number of nitrogens with zero attached hydrogens (tertiary/aromatic N) is 1. The van der Waals surface area contributed by atoms with Gasteiger partial charge in [-0.05, 0) is 24.5 Å². The molecule has 0 amide bonds. The third-order valence-corrected chi connectivity index (χ3v) is 3.39. The first-order chi connectivity index (χ1) is 8.31.